The molecule has 0 radical (unpaired) electrons. The van der Waals surface area contributed by atoms with Gasteiger partial charge >= 0.3 is 0 Å². The summed E-state index contributed by atoms with van der Waals surface area (Å²) in [6, 6.07) is 11.2. The number of aromatic nitrogens is 4. The van der Waals surface area contributed by atoms with Crippen LogP contribution in [0.25, 0.3) is 10.9 Å². The Morgan fingerprint density at radius 1 is 1.14 bits per heavy atom. The van der Waals surface area contributed by atoms with E-state index in [2.05, 4.69) is 15.5 Å². The summed E-state index contributed by atoms with van der Waals surface area (Å²) < 4.78 is 7.35. The van der Waals surface area contributed by atoms with Gasteiger partial charge in [0, 0.05) is 50.2 Å². The number of likely N-dealkylation sites (tertiary alicyclic amines) is 1. The smallest absolute Gasteiger partial charge is 0.293 e. The molecule has 0 unspecified atom stereocenters. The number of piperidine rings is 1. The first-order valence-corrected chi connectivity index (χ1v) is 12.0. The van der Waals surface area contributed by atoms with Crippen molar-refractivity contribution in [2.75, 3.05) is 19.6 Å². The number of benzene rings is 1. The van der Waals surface area contributed by atoms with E-state index in [-0.39, 0.29) is 23.5 Å². The molecular weight excluding hydrogens is 444 g/mol. The number of hydrogen-bond donors (Lipinski definition) is 1. The van der Waals surface area contributed by atoms with E-state index in [0.29, 0.717) is 30.7 Å². The lowest BCUT2D eigenvalue weighted by molar-refractivity contribution is 0.0671. The number of nitrogens with one attached hydrogen (secondary N) is 1. The topological polar surface area (TPSA) is 106 Å². The summed E-state index contributed by atoms with van der Waals surface area (Å²) >= 11 is 0. The Bertz CT molecular complexity index is 1320. The fourth-order valence-corrected chi connectivity index (χ4v) is 4.60. The van der Waals surface area contributed by atoms with Crippen molar-refractivity contribution in [3.8, 4) is 0 Å². The zero-order valence-corrected chi connectivity index (χ0v) is 19.7. The van der Waals surface area contributed by atoms with Gasteiger partial charge in [-0.05, 0) is 50.5 Å². The molecule has 0 aliphatic carbocycles. The van der Waals surface area contributed by atoms with E-state index in [1.54, 1.807) is 17.4 Å². The highest BCUT2D eigenvalue weighted by atomic mass is 16.5. The van der Waals surface area contributed by atoms with Crippen LogP contribution < -0.4 is 5.32 Å². The first-order valence-electron chi connectivity index (χ1n) is 12.0. The molecule has 4 aromatic rings. The molecule has 0 spiro atoms. The lowest BCUT2D eigenvalue weighted by atomic mass is 9.89. The zero-order valence-electron chi connectivity index (χ0n) is 19.7. The van der Waals surface area contributed by atoms with Crippen molar-refractivity contribution >= 4 is 22.7 Å². The van der Waals surface area contributed by atoms with Crippen LogP contribution in [0.2, 0.25) is 0 Å². The van der Waals surface area contributed by atoms with Crippen molar-refractivity contribution < 1.29 is 14.1 Å². The summed E-state index contributed by atoms with van der Waals surface area (Å²) in [4.78, 5) is 36.6. The van der Waals surface area contributed by atoms with Crippen LogP contribution in [0.4, 0.5) is 0 Å². The molecule has 0 saturated carbocycles. The van der Waals surface area contributed by atoms with E-state index in [1.807, 2.05) is 54.1 Å². The van der Waals surface area contributed by atoms with Gasteiger partial charge in [-0.25, -0.2) is 4.98 Å². The van der Waals surface area contributed by atoms with Gasteiger partial charge < -0.3 is 19.3 Å². The van der Waals surface area contributed by atoms with Crippen molar-refractivity contribution in [1.29, 1.82) is 0 Å². The Hall–Kier alpha value is -4.01. The second-order valence-electron chi connectivity index (χ2n) is 8.89. The van der Waals surface area contributed by atoms with Crippen LogP contribution in [0.3, 0.4) is 0 Å². The van der Waals surface area contributed by atoms with E-state index in [1.165, 1.54) is 0 Å². The Morgan fingerprint density at radius 3 is 2.77 bits per heavy atom. The number of carbonyl (C=O) groups is 2. The fraction of sp³-hybridized carbons (Fsp3) is 0.346. The maximum Gasteiger partial charge on any atom is 0.293 e. The van der Waals surface area contributed by atoms with Crippen molar-refractivity contribution in [1.82, 2.24) is 29.9 Å². The first kappa shape index (κ1) is 22.8. The van der Waals surface area contributed by atoms with Gasteiger partial charge in [-0.3, -0.25) is 14.6 Å². The number of fused-ring (bicyclic) bond motifs is 1. The molecule has 35 heavy (non-hydrogen) atoms. The van der Waals surface area contributed by atoms with Crippen LogP contribution in [0, 0.1) is 6.92 Å². The van der Waals surface area contributed by atoms with Crippen LogP contribution in [0.5, 0.6) is 0 Å². The van der Waals surface area contributed by atoms with Gasteiger partial charge in [0.25, 0.3) is 11.8 Å². The lowest BCUT2D eigenvalue weighted by Crippen LogP contribution is -2.38. The van der Waals surface area contributed by atoms with Crippen molar-refractivity contribution in [2.24, 2.45) is 0 Å². The molecule has 9 heteroatoms. The minimum absolute atomic E-state index is 0.107. The average Bonchev–Trinajstić information content (AvgIpc) is 3.56. The van der Waals surface area contributed by atoms with Gasteiger partial charge in [-0.1, -0.05) is 17.3 Å². The Morgan fingerprint density at radius 2 is 1.97 bits per heavy atom. The van der Waals surface area contributed by atoms with Gasteiger partial charge in [0.2, 0.25) is 5.76 Å². The molecule has 1 saturated heterocycles. The van der Waals surface area contributed by atoms with Crippen LogP contribution >= 0.6 is 0 Å². The van der Waals surface area contributed by atoms with Crippen LogP contribution in [-0.4, -0.2) is 56.0 Å². The number of carbonyl (C=O) groups excluding carboxylic acids is 2. The summed E-state index contributed by atoms with van der Waals surface area (Å²) in [6.45, 7) is 4.44. The maximum absolute atomic E-state index is 13.1. The highest BCUT2D eigenvalue weighted by molar-refractivity contribution is 6.03. The number of rotatable bonds is 7. The Balaban J connectivity index is 1.22. The van der Waals surface area contributed by atoms with Crippen molar-refractivity contribution in [3.63, 3.8) is 0 Å². The summed E-state index contributed by atoms with van der Waals surface area (Å²) in [5.41, 5.74) is 2.98. The molecule has 1 fully saturated rings. The summed E-state index contributed by atoms with van der Waals surface area (Å²) in [6.07, 6.45) is 7.70. The molecule has 1 aromatic carbocycles. The van der Waals surface area contributed by atoms with E-state index in [9.17, 15) is 9.59 Å². The van der Waals surface area contributed by atoms with E-state index in [4.69, 9.17) is 9.51 Å². The van der Waals surface area contributed by atoms with Gasteiger partial charge in [0.05, 0.1) is 23.0 Å². The molecule has 0 bridgehead atoms. The molecule has 0 atom stereocenters. The molecule has 3 aromatic heterocycles. The number of hydrogen-bond acceptors (Lipinski definition) is 6. The summed E-state index contributed by atoms with van der Waals surface area (Å²) in [5, 5.41) is 7.76. The summed E-state index contributed by atoms with van der Waals surface area (Å²) in [5.74, 6) is 0.135. The Labute approximate surface area is 203 Å². The molecule has 180 valence electrons. The minimum atomic E-state index is -0.148. The normalized spacial score (nSPS) is 14.4. The third-order valence-corrected chi connectivity index (χ3v) is 6.49. The SMILES string of the molecule is Cc1ccc(C(=O)NCCCn2ccnc2)c(C2CCN(C(=O)c3onc4ccccc34)CC2)n1. The van der Waals surface area contributed by atoms with Crippen molar-refractivity contribution in [3.05, 3.63) is 77.8 Å². The third-order valence-electron chi connectivity index (χ3n) is 6.49. The predicted molar refractivity (Wildman–Crippen MR) is 130 cm³/mol. The van der Waals surface area contributed by atoms with Crippen LogP contribution in [-0.2, 0) is 6.54 Å². The number of pyridine rings is 1. The highest BCUT2D eigenvalue weighted by Crippen LogP contribution is 2.31. The molecule has 9 nitrogen and oxygen atoms in total. The number of amides is 2. The Kier molecular flexibility index (Phi) is 6.56. The van der Waals surface area contributed by atoms with Gasteiger partial charge in [-0.15, -0.1) is 0 Å². The average molecular weight is 473 g/mol. The first-order chi connectivity index (χ1) is 17.1. The molecule has 1 aliphatic heterocycles. The molecular formula is C26H28N6O3. The second kappa shape index (κ2) is 10.1. The van der Waals surface area contributed by atoms with Crippen molar-refractivity contribution in [2.45, 2.75) is 38.6 Å². The van der Waals surface area contributed by atoms with Gasteiger partial charge in [0.15, 0.2) is 0 Å². The van der Waals surface area contributed by atoms with Crippen LogP contribution in [0.15, 0.2) is 59.6 Å². The minimum Gasteiger partial charge on any atom is -0.352 e. The number of aryl methyl sites for hydroxylation is 2. The van der Waals surface area contributed by atoms with E-state index < -0.39 is 0 Å². The third kappa shape index (κ3) is 4.94. The molecule has 1 aliphatic rings. The van der Waals surface area contributed by atoms with Crippen LogP contribution in [0.1, 0.15) is 57.5 Å². The predicted octanol–water partition coefficient (Wildman–Crippen LogP) is 3.57. The summed E-state index contributed by atoms with van der Waals surface area (Å²) in [7, 11) is 0. The van der Waals surface area contributed by atoms with E-state index >= 15 is 0 Å². The molecule has 5 rings (SSSR count). The second-order valence-corrected chi connectivity index (χ2v) is 8.89. The highest BCUT2D eigenvalue weighted by Gasteiger charge is 2.30. The standard InChI is InChI=1S/C26H28N6O3/c1-18-7-8-21(25(33)28-11-4-13-31-16-12-27-17-31)23(29-18)19-9-14-32(15-10-19)26(34)24-20-5-2-3-6-22(20)30-35-24/h2-3,5-8,12,16-17,19H,4,9-11,13-15H2,1H3,(H,28,33). The lowest BCUT2D eigenvalue weighted by Gasteiger charge is -2.32. The fourth-order valence-electron chi connectivity index (χ4n) is 4.60. The van der Waals surface area contributed by atoms with Gasteiger partial charge in [0.1, 0.15) is 5.52 Å². The molecule has 1 N–H and O–H groups in total. The maximum atomic E-state index is 13.1. The number of nitrogens with zero attached hydrogens (tertiary/aromatic N) is 5. The quantitative estimate of drug-likeness (QED) is 0.412. The van der Waals surface area contributed by atoms with E-state index in [0.717, 1.165) is 42.6 Å². The molecule has 4 heterocycles. The monoisotopic (exact) mass is 472 g/mol. The molecule has 2 amide bonds. The largest absolute Gasteiger partial charge is 0.352 e. The van der Waals surface area contributed by atoms with Gasteiger partial charge in [-0.2, -0.15) is 0 Å². The number of imidazole rings is 1. The zero-order chi connectivity index (χ0) is 24.2.